The van der Waals surface area contributed by atoms with Crippen molar-refractivity contribution in [3.05, 3.63) is 65.7 Å². The van der Waals surface area contributed by atoms with Gasteiger partial charge in [0, 0.05) is 17.8 Å². The summed E-state index contributed by atoms with van der Waals surface area (Å²) in [4.78, 5) is 35.9. The van der Waals surface area contributed by atoms with E-state index in [0.717, 1.165) is 5.56 Å². The summed E-state index contributed by atoms with van der Waals surface area (Å²) in [6.07, 6.45) is -0.538. The molecule has 0 fully saturated rings. The molecule has 2 aromatic carbocycles. The van der Waals surface area contributed by atoms with Crippen LogP contribution in [-0.2, 0) is 20.9 Å². The van der Waals surface area contributed by atoms with Crippen molar-refractivity contribution in [3.8, 4) is 0 Å². The van der Waals surface area contributed by atoms with E-state index in [0.29, 0.717) is 11.3 Å². The molecular formula is C22H26N2O5. The lowest BCUT2D eigenvalue weighted by molar-refractivity contribution is -0.154. The van der Waals surface area contributed by atoms with Crippen molar-refractivity contribution in [1.82, 2.24) is 5.32 Å². The molecule has 2 N–H and O–H groups in total. The minimum atomic E-state index is -0.615. The SMILES string of the molecule is CC(C)(C)OC(=O)CCNC(=O)c1cccc(NC(=O)OCc2ccccc2)c1. The van der Waals surface area contributed by atoms with Gasteiger partial charge in [-0.15, -0.1) is 0 Å². The molecule has 0 aliphatic rings. The molecule has 2 aromatic rings. The Kier molecular flexibility index (Phi) is 7.77. The molecule has 29 heavy (non-hydrogen) atoms. The van der Waals surface area contributed by atoms with Gasteiger partial charge in [0.05, 0.1) is 6.42 Å². The average molecular weight is 398 g/mol. The van der Waals surface area contributed by atoms with Crippen LogP contribution in [0, 0.1) is 0 Å². The lowest BCUT2D eigenvalue weighted by Crippen LogP contribution is -2.29. The van der Waals surface area contributed by atoms with Crippen molar-refractivity contribution >= 4 is 23.7 Å². The molecule has 0 aromatic heterocycles. The van der Waals surface area contributed by atoms with Crippen LogP contribution in [0.2, 0.25) is 0 Å². The van der Waals surface area contributed by atoms with Gasteiger partial charge in [-0.3, -0.25) is 14.9 Å². The summed E-state index contributed by atoms with van der Waals surface area (Å²) in [5, 5.41) is 5.25. The number of rotatable bonds is 7. The number of anilines is 1. The Morgan fingerprint density at radius 1 is 0.966 bits per heavy atom. The van der Waals surface area contributed by atoms with Crippen molar-refractivity contribution in [2.45, 2.75) is 39.4 Å². The largest absolute Gasteiger partial charge is 0.460 e. The van der Waals surface area contributed by atoms with Gasteiger partial charge in [0.15, 0.2) is 0 Å². The Labute approximate surface area is 170 Å². The van der Waals surface area contributed by atoms with Gasteiger partial charge >= 0.3 is 12.1 Å². The molecule has 0 bridgehead atoms. The first-order valence-electron chi connectivity index (χ1n) is 9.31. The van der Waals surface area contributed by atoms with E-state index in [4.69, 9.17) is 9.47 Å². The second-order valence-corrected chi connectivity index (χ2v) is 7.36. The summed E-state index contributed by atoms with van der Waals surface area (Å²) in [6.45, 7) is 5.66. The lowest BCUT2D eigenvalue weighted by Gasteiger charge is -2.19. The van der Waals surface area contributed by atoms with Gasteiger partial charge in [-0.2, -0.15) is 0 Å². The highest BCUT2D eigenvalue weighted by molar-refractivity contribution is 5.96. The first-order chi connectivity index (χ1) is 13.7. The molecule has 0 saturated carbocycles. The Morgan fingerprint density at radius 2 is 1.69 bits per heavy atom. The predicted molar refractivity (Wildman–Crippen MR) is 109 cm³/mol. The summed E-state index contributed by atoms with van der Waals surface area (Å²) < 4.78 is 10.4. The zero-order valence-electron chi connectivity index (χ0n) is 16.9. The zero-order valence-corrected chi connectivity index (χ0v) is 16.9. The summed E-state index contributed by atoms with van der Waals surface area (Å²) in [5.41, 5.74) is 1.11. The fourth-order valence-electron chi connectivity index (χ4n) is 2.39. The van der Waals surface area contributed by atoms with Gasteiger partial charge in [0.25, 0.3) is 5.91 Å². The van der Waals surface area contributed by atoms with E-state index in [1.165, 1.54) is 6.07 Å². The van der Waals surface area contributed by atoms with E-state index in [-0.39, 0.29) is 31.4 Å². The predicted octanol–water partition coefficient (Wildman–Crippen LogP) is 3.90. The van der Waals surface area contributed by atoms with Gasteiger partial charge in [0.2, 0.25) is 0 Å². The molecule has 2 amide bonds. The second-order valence-electron chi connectivity index (χ2n) is 7.36. The van der Waals surface area contributed by atoms with Crippen LogP contribution in [0.25, 0.3) is 0 Å². The monoisotopic (exact) mass is 398 g/mol. The highest BCUT2D eigenvalue weighted by Gasteiger charge is 2.16. The average Bonchev–Trinajstić information content (AvgIpc) is 2.66. The summed E-state index contributed by atoms with van der Waals surface area (Å²) >= 11 is 0. The number of nitrogens with one attached hydrogen (secondary N) is 2. The third-order valence-electron chi connectivity index (χ3n) is 3.62. The minimum Gasteiger partial charge on any atom is -0.460 e. The standard InChI is InChI=1S/C22H26N2O5/c1-22(2,3)29-19(25)12-13-23-20(26)17-10-7-11-18(14-17)24-21(27)28-15-16-8-5-4-6-9-16/h4-11,14H,12-13,15H2,1-3H3,(H,23,26)(H,24,27). The Bertz CT molecular complexity index is 844. The number of amides is 2. The number of benzene rings is 2. The first kappa shape index (κ1) is 21.9. The van der Waals surface area contributed by atoms with E-state index < -0.39 is 11.7 Å². The normalized spacial score (nSPS) is 10.7. The van der Waals surface area contributed by atoms with E-state index in [1.807, 2.05) is 30.3 Å². The molecule has 7 heteroatoms. The Morgan fingerprint density at radius 3 is 2.38 bits per heavy atom. The van der Waals surface area contributed by atoms with Crippen LogP contribution in [0.3, 0.4) is 0 Å². The van der Waals surface area contributed by atoms with Gasteiger partial charge in [0.1, 0.15) is 12.2 Å². The topological polar surface area (TPSA) is 93.7 Å². The molecule has 2 rings (SSSR count). The maximum absolute atomic E-state index is 12.3. The molecule has 0 spiro atoms. The van der Waals surface area contributed by atoms with Crippen molar-refractivity contribution in [2.24, 2.45) is 0 Å². The molecule has 0 unspecified atom stereocenters. The lowest BCUT2D eigenvalue weighted by atomic mass is 10.2. The minimum absolute atomic E-state index is 0.0762. The van der Waals surface area contributed by atoms with Crippen molar-refractivity contribution in [1.29, 1.82) is 0 Å². The highest BCUT2D eigenvalue weighted by atomic mass is 16.6. The number of carbonyl (C=O) groups excluding carboxylic acids is 3. The quantitative estimate of drug-likeness (QED) is 0.690. The fraction of sp³-hybridized carbons (Fsp3) is 0.318. The molecule has 0 heterocycles. The molecule has 0 radical (unpaired) electrons. The molecule has 0 aliphatic heterocycles. The van der Waals surface area contributed by atoms with Crippen LogP contribution in [0.5, 0.6) is 0 Å². The summed E-state index contributed by atoms with van der Waals surface area (Å²) in [5.74, 6) is -0.732. The van der Waals surface area contributed by atoms with Crippen LogP contribution in [-0.4, -0.2) is 30.1 Å². The molecular weight excluding hydrogens is 372 g/mol. The Balaban J connectivity index is 1.81. The van der Waals surface area contributed by atoms with Crippen molar-refractivity contribution in [2.75, 3.05) is 11.9 Å². The molecule has 0 aliphatic carbocycles. The maximum atomic E-state index is 12.3. The van der Waals surface area contributed by atoms with E-state index in [1.54, 1.807) is 39.0 Å². The van der Waals surface area contributed by atoms with E-state index in [2.05, 4.69) is 10.6 Å². The summed E-state index contributed by atoms with van der Waals surface area (Å²) in [6, 6.07) is 15.8. The fourth-order valence-corrected chi connectivity index (χ4v) is 2.39. The molecule has 7 nitrogen and oxygen atoms in total. The molecule has 0 atom stereocenters. The van der Waals surface area contributed by atoms with Gasteiger partial charge < -0.3 is 14.8 Å². The van der Waals surface area contributed by atoms with Crippen LogP contribution < -0.4 is 10.6 Å². The van der Waals surface area contributed by atoms with E-state index >= 15 is 0 Å². The molecule has 0 saturated heterocycles. The van der Waals surface area contributed by atoms with Gasteiger partial charge in [-0.25, -0.2) is 4.79 Å². The maximum Gasteiger partial charge on any atom is 0.411 e. The number of hydrogen-bond acceptors (Lipinski definition) is 5. The number of ether oxygens (including phenoxy) is 2. The second kappa shape index (κ2) is 10.3. The first-order valence-corrected chi connectivity index (χ1v) is 9.31. The third-order valence-corrected chi connectivity index (χ3v) is 3.62. The third kappa shape index (κ3) is 8.47. The number of carbonyl (C=O) groups is 3. The molecule has 154 valence electrons. The highest BCUT2D eigenvalue weighted by Crippen LogP contribution is 2.12. The number of esters is 1. The van der Waals surface area contributed by atoms with Crippen molar-refractivity contribution < 1.29 is 23.9 Å². The van der Waals surface area contributed by atoms with Gasteiger partial charge in [-0.1, -0.05) is 36.4 Å². The van der Waals surface area contributed by atoms with Crippen LogP contribution in [0.4, 0.5) is 10.5 Å². The van der Waals surface area contributed by atoms with Crippen molar-refractivity contribution in [3.63, 3.8) is 0 Å². The van der Waals surface area contributed by atoms with Crippen LogP contribution in [0.15, 0.2) is 54.6 Å². The number of hydrogen-bond donors (Lipinski definition) is 2. The Hall–Kier alpha value is -3.35. The summed E-state index contributed by atoms with van der Waals surface area (Å²) in [7, 11) is 0. The van der Waals surface area contributed by atoms with Gasteiger partial charge in [-0.05, 0) is 44.5 Å². The van der Waals surface area contributed by atoms with Crippen LogP contribution in [0.1, 0.15) is 43.1 Å². The smallest absolute Gasteiger partial charge is 0.411 e. The zero-order chi connectivity index (χ0) is 21.3. The van der Waals surface area contributed by atoms with E-state index in [9.17, 15) is 14.4 Å². The van der Waals surface area contributed by atoms with Crippen LogP contribution >= 0.6 is 0 Å².